The third-order valence-electron chi connectivity index (χ3n) is 3.68. The van der Waals surface area contributed by atoms with Gasteiger partial charge < -0.3 is 9.88 Å². The fourth-order valence-electron chi connectivity index (χ4n) is 2.42. The molecule has 1 heterocycles. The summed E-state index contributed by atoms with van der Waals surface area (Å²) in [5.41, 5.74) is 1.89. The Morgan fingerprint density at radius 1 is 1.00 bits per heavy atom. The van der Waals surface area contributed by atoms with Gasteiger partial charge in [-0.25, -0.2) is 4.79 Å². The molecule has 0 spiro atoms. The molecule has 0 atom stereocenters. The number of hydrogen-bond acceptors (Lipinski definition) is 3. The average Bonchev–Trinajstić information content (AvgIpc) is 2.52. The maximum atomic E-state index is 12.5. The molecule has 0 amide bonds. The molecule has 0 unspecified atom stereocenters. The molecule has 1 N–H and O–H groups in total. The molecule has 0 aliphatic carbocycles. The molecule has 0 radical (unpaired) electrons. The molecule has 112 valence electrons. The van der Waals surface area contributed by atoms with Crippen LogP contribution >= 0.6 is 0 Å². The molecular weight excluding hydrogens is 278 g/mol. The first-order chi connectivity index (χ1) is 10.6. The summed E-state index contributed by atoms with van der Waals surface area (Å²) in [4.78, 5) is 29.3. The monoisotopic (exact) mass is 295 g/mol. The molecule has 0 saturated carbocycles. The molecule has 0 aliphatic heterocycles. The summed E-state index contributed by atoms with van der Waals surface area (Å²) in [7, 11) is 3.93. The van der Waals surface area contributed by atoms with Crippen LogP contribution in [0, 0.1) is 0 Å². The predicted octanol–water partition coefficient (Wildman–Crippen LogP) is 1.80. The Hall–Kier alpha value is -2.82. The summed E-state index contributed by atoms with van der Waals surface area (Å²) in [6, 6.07) is 14.8. The molecular formula is C17H17N3O2. The number of anilines is 1. The summed E-state index contributed by atoms with van der Waals surface area (Å²) in [5.74, 6) is 0. The van der Waals surface area contributed by atoms with Crippen molar-refractivity contribution in [2.45, 2.75) is 6.54 Å². The molecule has 0 saturated heterocycles. The Morgan fingerprint density at radius 2 is 1.68 bits per heavy atom. The molecule has 0 bridgehead atoms. The quantitative estimate of drug-likeness (QED) is 0.801. The minimum Gasteiger partial charge on any atom is -0.378 e. The van der Waals surface area contributed by atoms with E-state index in [1.165, 1.54) is 4.57 Å². The Bertz CT molecular complexity index is 921. The van der Waals surface area contributed by atoms with E-state index < -0.39 is 0 Å². The van der Waals surface area contributed by atoms with Crippen LogP contribution < -0.4 is 16.1 Å². The maximum absolute atomic E-state index is 12.5. The van der Waals surface area contributed by atoms with Crippen LogP contribution in [0.15, 0.2) is 58.1 Å². The largest absolute Gasteiger partial charge is 0.378 e. The van der Waals surface area contributed by atoms with Gasteiger partial charge in [-0.1, -0.05) is 24.3 Å². The Labute approximate surface area is 127 Å². The van der Waals surface area contributed by atoms with E-state index in [0.29, 0.717) is 10.9 Å². The average molecular weight is 295 g/mol. The number of hydrogen-bond donors (Lipinski definition) is 1. The number of nitrogens with zero attached hydrogens (tertiary/aromatic N) is 2. The standard InChI is InChI=1S/C17H17N3O2/c1-19(2)13-9-7-12(8-10-13)11-20-16(21)14-5-3-4-6-15(14)18-17(20)22/h3-10H,11H2,1-2H3,(H,18,22). The minimum atomic E-state index is -0.389. The normalized spacial score (nSPS) is 10.8. The highest BCUT2D eigenvalue weighted by atomic mass is 16.2. The van der Waals surface area contributed by atoms with E-state index in [2.05, 4.69) is 4.98 Å². The molecule has 22 heavy (non-hydrogen) atoms. The van der Waals surface area contributed by atoms with Gasteiger partial charge in [-0.05, 0) is 29.8 Å². The first-order valence-electron chi connectivity index (χ1n) is 7.04. The summed E-state index contributed by atoms with van der Waals surface area (Å²) < 4.78 is 1.23. The zero-order valence-electron chi connectivity index (χ0n) is 12.5. The Balaban J connectivity index is 2.04. The van der Waals surface area contributed by atoms with Crippen molar-refractivity contribution in [1.82, 2.24) is 9.55 Å². The van der Waals surface area contributed by atoms with Gasteiger partial charge >= 0.3 is 5.69 Å². The van der Waals surface area contributed by atoms with Crippen LogP contribution in [-0.4, -0.2) is 23.6 Å². The van der Waals surface area contributed by atoms with Gasteiger partial charge in [0.1, 0.15) is 0 Å². The van der Waals surface area contributed by atoms with Crippen molar-refractivity contribution in [1.29, 1.82) is 0 Å². The van der Waals surface area contributed by atoms with Crippen LogP contribution in [0.25, 0.3) is 10.9 Å². The number of para-hydroxylation sites is 1. The van der Waals surface area contributed by atoms with E-state index in [4.69, 9.17) is 0 Å². The fourth-order valence-corrected chi connectivity index (χ4v) is 2.42. The third-order valence-corrected chi connectivity index (χ3v) is 3.68. The molecule has 1 aromatic heterocycles. The van der Waals surface area contributed by atoms with E-state index in [-0.39, 0.29) is 17.8 Å². The van der Waals surface area contributed by atoms with E-state index in [1.807, 2.05) is 43.3 Å². The van der Waals surface area contributed by atoms with Crippen molar-refractivity contribution in [3.63, 3.8) is 0 Å². The van der Waals surface area contributed by atoms with Crippen molar-refractivity contribution in [3.05, 3.63) is 74.9 Å². The number of aromatic amines is 1. The molecule has 3 aromatic rings. The van der Waals surface area contributed by atoms with E-state index >= 15 is 0 Å². The first-order valence-corrected chi connectivity index (χ1v) is 7.04. The third kappa shape index (κ3) is 2.53. The number of nitrogens with one attached hydrogen (secondary N) is 1. The fraction of sp³-hybridized carbons (Fsp3) is 0.176. The predicted molar refractivity (Wildman–Crippen MR) is 88.7 cm³/mol. The highest BCUT2D eigenvalue weighted by Crippen LogP contribution is 2.12. The highest BCUT2D eigenvalue weighted by molar-refractivity contribution is 5.76. The van der Waals surface area contributed by atoms with Crippen LogP contribution in [0.4, 0.5) is 5.69 Å². The van der Waals surface area contributed by atoms with E-state index in [1.54, 1.807) is 24.3 Å². The number of rotatable bonds is 3. The van der Waals surface area contributed by atoms with Crippen LogP contribution in [0.1, 0.15) is 5.56 Å². The van der Waals surface area contributed by atoms with Gasteiger partial charge in [-0.3, -0.25) is 9.36 Å². The number of aromatic nitrogens is 2. The first kappa shape index (κ1) is 14.1. The van der Waals surface area contributed by atoms with Crippen LogP contribution in [0.5, 0.6) is 0 Å². The molecule has 5 heteroatoms. The summed E-state index contributed by atoms with van der Waals surface area (Å²) >= 11 is 0. The SMILES string of the molecule is CN(C)c1ccc(Cn2c(=O)[nH]c3ccccc3c2=O)cc1. The molecule has 2 aromatic carbocycles. The lowest BCUT2D eigenvalue weighted by atomic mass is 10.2. The topological polar surface area (TPSA) is 58.1 Å². The number of fused-ring (bicyclic) bond motifs is 1. The van der Waals surface area contributed by atoms with Crippen LogP contribution in [0.3, 0.4) is 0 Å². The molecule has 3 rings (SSSR count). The van der Waals surface area contributed by atoms with Gasteiger partial charge in [-0.2, -0.15) is 0 Å². The Morgan fingerprint density at radius 3 is 2.36 bits per heavy atom. The summed E-state index contributed by atoms with van der Waals surface area (Å²) in [5, 5.41) is 0.520. The van der Waals surface area contributed by atoms with Crippen molar-refractivity contribution in [2.24, 2.45) is 0 Å². The van der Waals surface area contributed by atoms with Crippen LogP contribution in [-0.2, 0) is 6.54 Å². The van der Waals surface area contributed by atoms with Gasteiger partial charge in [0.15, 0.2) is 0 Å². The van der Waals surface area contributed by atoms with Crippen molar-refractivity contribution < 1.29 is 0 Å². The highest BCUT2D eigenvalue weighted by Gasteiger charge is 2.07. The zero-order chi connectivity index (χ0) is 15.7. The second kappa shape index (κ2) is 5.52. The number of H-pyrrole nitrogens is 1. The van der Waals surface area contributed by atoms with Gasteiger partial charge in [-0.15, -0.1) is 0 Å². The lowest BCUT2D eigenvalue weighted by Crippen LogP contribution is -2.35. The van der Waals surface area contributed by atoms with E-state index in [0.717, 1.165) is 11.3 Å². The summed E-state index contributed by atoms with van der Waals surface area (Å²) in [6.45, 7) is 0.257. The van der Waals surface area contributed by atoms with Crippen molar-refractivity contribution >= 4 is 16.6 Å². The van der Waals surface area contributed by atoms with Crippen molar-refractivity contribution in [3.8, 4) is 0 Å². The summed E-state index contributed by atoms with van der Waals surface area (Å²) in [6.07, 6.45) is 0. The van der Waals surface area contributed by atoms with Gasteiger partial charge in [0.05, 0.1) is 17.4 Å². The molecule has 0 fully saturated rings. The molecule has 0 aliphatic rings. The second-order valence-electron chi connectivity index (χ2n) is 5.43. The lowest BCUT2D eigenvalue weighted by molar-refractivity contribution is 0.711. The minimum absolute atomic E-state index is 0.257. The maximum Gasteiger partial charge on any atom is 0.329 e. The molecule has 5 nitrogen and oxygen atoms in total. The van der Waals surface area contributed by atoms with Gasteiger partial charge in [0, 0.05) is 19.8 Å². The Kier molecular flexibility index (Phi) is 3.55. The van der Waals surface area contributed by atoms with Crippen molar-refractivity contribution in [2.75, 3.05) is 19.0 Å². The number of benzene rings is 2. The second-order valence-corrected chi connectivity index (χ2v) is 5.43. The lowest BCUT2D eigenvalue weighted by Gasteiger charge is -2.13. The smallest absolute Gasteiger partial charge is 0.329 e. The van der Waals surface area contributed by atoms with E-state index in [9.17, 15) is 9.59 Å². The van der Waals surface area contributed by atoms with Gasteiger partial charge in [0.2, 0.25) is 0 Å². The van der Waals surface area contributed by atoms with Crippen LogP contribution in [0.2, 0.25) is 0 Å². The van der Waals surface area contributed by atoms with Gasteiger partial charge in [0.25, 0.3) is 5.56 Å². The zero-order valence-corrected chi connectivity index (χ0v) is 12.5.